The summed E-state index contributed by atoms with van der Waals surface area (Å²) in [5, 5.41) is 11.7. The maximum absolute atomic E-state index is 13.4. The molecule has 0 aromatic heterocycles. The molecule has 5 heteroatoms. The number of hydrogen-bond acceptors (Lipinski definition) is 2. The van der Waals surface area contributed by atoms with E-state index < -0.39 is 23.0 Å². The minimum absolute atomic E-state index is 0.0828. The Morgan fingerprint density at radius 3 is 2.68 bits per heavy atom. The Balaban J connectivity index is 2.04. The summed E-state index contributed by atoms with van der Waals surface area (Å²) in [6.07, 6.45) is 2.74. The van der Waals surface area contributed by atoms with E-state index in [0.717, 1.165) is 31.0 Å². The zero-order valence-corrected chi connectivity index (χ0v) is 10.4. The average molecular weight is 264 g/mol. The predicted octanol–water partition coefficient (Wildman–Crippen LogP) is 2.66. The third-order valence-corrected chi connectivity index (χ3v) is 3.55. The number of rotatable bonds is 3. The van der Waals surface area contributed by atoms with Crippen LogP contribution >= 0.6 is 0 Å². The Morgan fingerprint density at radius 1 is 1.37 bits per heavy atom. The molecule has 1 aromatic carbocycles. The van der Waals surface area contributed by atoms with Crippen molar-refractivity contribution in [1.82, 2.24) is 5.32 Å². The topological polar surface area (TPSA) is 52.9 Å². The maximum atomic E-state index is 13.4. The molecule has 0 bridgehead atoms. The van der Waals surface area contributed by atoms with Gasteiger partial charge in [0.2, 0.25) is 5.91 Å². The fraction of sp³-hybridized carbons (Fsp3) is 0.429. The van der Waals surface area contributed by atoms with Crippen LogP contribution in [0.1, 0.15) is 31.2 Å². The van der Waals surface area contributed by atoms with E-state index in [1.807, 2.05) is 0 Å². The predicted molar refractivity (Wildman–Crippen MR) is 64.7 cm³/mol. The van der Waals surface area contributed by atoms with Gasteiger partial charge in [-0.2, -0.15) is 5.26 Å². The SMILES string of the molecule is N#CC1(C(=O)NCc2cc(F)ccc2F)CCCC1. The van der Waals surface area contributed by atoms with Gasteiger partial charge >= 0.3 is 0 Å². The average Bonchev–Trinajstić information content (AvgIpc) is 2.89. The van der Waals surface area contributed by atoms with Crippen molar-refractivity contribution >= 4 is 5.91 Å². The van der Waals surface area contributed by atoms with Crippen molar-refractivity contribution in [2.45, 2.75) is 32.2 Å². The smallest absolute Gasteiger partial charge is 0.240 e. The highest BCUT2D eigenvalue weighted by atomic mass is 19.1. The molecule has 1 saturated carbocycles. The second kappa shape index (κ2) is 5.35. The molecule has 100 valence electrons. The number of amides is 1. The van der Waals surface area contributed by atoms with Crippen LogP contribution in [0.3, 0.4) is 0 Å². The molecule has 0 spiro atoms. The standard InChI is InChI=1S/C14H14F2N2O/c15-11-3-4-12(16)10(7-11)8-18-13(19)14(9-17)5-1-2-6-14/h3-4,7H,1-2,5-6,8H2,(H,18,19). The highest BCUT2D eigenvalue weighted by Crippen LogP contribution is 2.37. The van der Waals surface area contributed by atoms with E-state index in [1.54, 1.807) is 0 Å². The summed E-state index contributed by atoms with van der Waals surface area (Å²) in [4.78, 5) is 12.0. The highest BCUT2D eigenvalue weighted by molar-refractivity contribution is 5.85. The molecule has 0 unspecified atom stereocenters. The number of carbonyl (C=O) groups excluding carboxylic acids is 1. The number of halogens is 2. The van der Waals surface area contributed by atoms with E-state index in [9.17, 15) is 13.6 Å². The summed E-state index contributed by atoms with van der Waals surface area (Å²) in [5.74, 6) is -1.52. The van der Waals surface area contributed by atoms with Gasteiger partial charge in [0.1, 0.15) is 17.0 Å². The van der Waals surface area contributed by atoms with Crippen LogP contribution in [0, 0.1) is 28.4 Å². The van der Waals surface area contributed by atoms with Gasteiger partial charge in [0.15, 0.2) is 0 Å². The van der Waals surface area contributed by atoms with Gasteiger partial charge in [0.25, 0.3) is 0 Å². The van der Waals surface area contributed by atoms with Gasteiger partial charge in [0, 0.05) is 12.1 Å². The summed E-state index contributed by atoms with van der Waals surface area (Å²) in [6, 6.07) is 5.15. The number of carbonyl (C=O) groups is 1. The van der Waals surface area contributed by atoms with Crippen molar-refractivity contribution in [3.05, 3.63) is 35.4 Å². The van der Waals surface area contributed by atoms with Gasteiger partial charge in [-0.05, 0) is 31.0 Å². The Labute approximate surface area is 110 Å². The van der Waals surface area contributed by atoms with Gasteiger partial charge in [-0.15, -0.1) is 0 Å². The molecule has 1 aromatic rings. The van der Waals surface area contributed by atoms with Crippen LogP contribution in [0.25, 0.3) is 0 Å². The number of nitriles is 1. The molecule has 0 heterocycles. The molecule has 3 nitrogen and oxygen atoms in total. The number of hydrogen-bond donors (Lipinski definition) is 1. The fourth-order valence-electron chi connectivity index (χ4n) is 2.39. The molecule has 0 radical (unpaired) electrons. The molecule has 0 saturated heterocycles. The lowest BCUT2D eigenvalue weighted by atomic mass is 9.87. The summed E-state index contributed by atoms with van der Waals surface area (Å²) in [7, 11) is 0. The second-order valence-corrected chi connectivity index (χ2v) is 4.82. The molecular weight excluding hydrogens is 250 g/mol. The lowest BCUT2D eigenvalue weighted by Crippen LogP contribution is -2.38. The van der Waals surface area contributed by atoms with Gasteiger partial charge in [-0.25, -0.2) is 8.78 Å². The Morgan fingerprint density at radius 2 is 2.05 bits per heavy atom. The minimum Gasteiger partial charge on any atom is -0.351 e. The highest BCUT2D eigenvalue weighted by Gasteiger charge is 2.41. The van der Waals surface area contributed by atoms with Crippen molar-refractivity contribution < 1.29 is 13.6 Å². The van der Waals surface area contributed by atoms with Gasteiger partial charge < -0.3 is 5.32 Å². The fourth-order valence-corrected chi connectivity index (χ4v) is 2.39. The largest absolute Gasteiger partial charge is 0.351 e. The van der Waals surface area contributed by atoms with Crippen molar-refractivity contribution in [1.29, 1.82) is 5.26 Å². The number of nitrogens with one attached hydrogen (secondary N) is 1. The lowest BCUT2D eigenvalue weighted by Gasteiger charge is -2.19. The van der Waals surface area contributed by atoms with Crippen LogP contribution in [-0.2, 0) is 11.3 Å². The molecule has 0 aliphatic heterocycles. The summed E-state index contributed by atoms with van der Waals surface area (Å²) in [6.45, 7) is -0.105. The van der Waals surface area contributed by atoms with Crippen LogP contribution in [0.4, 0.5) is 8.78 Å². The van der Waals surface area contributed by atoms with E-state index in [4.69, 9.17) is 5.26 Å². The summed E-state index contributed by atoms with van der Waals surface area (Å²) < 4.78 is 26.4. The van der Waals surface area contributed by atoms with E-state index in [2.05, 4.69) is 11.4 Å². The van der Waals surface area contributed by atoms with Gasteiger partial charge in [0.05, 0.1) is 6.07 Å². The van der Waals surface area contributed by atoms with Crippen LogP contribution in [0.2, 0.25) is 0 Å². The monoisotopic (exact) mass is 264 g/mol. The van der Waals surface area contributed by atoms with Crippen molar-refractivity contribution in [3.8, 4) is 6.07 Å². The number of nitrogens with zero attached hydrogens (tertiary/aromatic N) is 1. The van der Waals surface area contributed by atoms with Crippen LogP contribution in [-0.4, -0.2) is 5.91 Å². The Kier molecular flexibility index (Phi) is 3.79. The number of benzene rings is 1. The molecule has 1 fully saturated rings. The van der Waals surface area contributed by atoms with E-state index in [1.165, 1.54) is 0 Å². The first-order valence-electron chi connectivity index (χ1n) is 6.21. The molecule has 0 atom stereocenters. The third-order valence-electron chi connectivity index (χ3n) is 3.55. The summed E-state index contributed by atoms with van der Waals surface area (Å²) in [5.41, 5.74) is -0.913. The Hall–Kier alpha value is -1.96. The quantitative estimate of drug-likeness (QED) is 0.912. The first-order chi connectivity index (χ1) is 9.07. The van der Waals surface area contributed by atoms with Gasteiger partial charge in [-0.3, -0.25) is 4.79 Å². The van der Waals surface area contributed by atoms with Crippen molar-refractivity contribution in [3.63, 3.8) is 0 Å². The molecule has 1 aliphatic carbocycles. The van der Waals surface area contributed by atoms with E-state index >= 15 is 0 Å². The molecule has 19 heavy (non-hydrogen) atoms. The molecular formula is C14H14F2N2O. The third kappa shape index (κ3) is 2.73. The van der Waals surface area contributed by atoms with Crippen LogP contribution in [0.15, 0.2) is 18.2 Å². The zero-order valence-electron chi connectivity index (χ0n) is 10.4. The zero-order chi connectivity index (χ0) is 13.9. The van der Waals surface area contributed by atoms with E-state index in [0.29, 0.717) is 12.8 Å². The first kappa shape index (κ1) is 13.5. The van der Waals surface area contributed by atoms with Crippen LogP contribution < -0.4 is 5.32 Å². The summed E-state index contributed by atoms with van der Waals surface area (Å²) >= 11 is 0. The minimum atomic E-state index is -0.996. The molecule has 1 aliphatic rings. The van der Waals surface area contributed by atoms with E-state index in [-0.39, 0.29) is 12.1 Å². The van der Waals surface area contributed by atoms with Crippen molar-refractivity contribution in [2.75, 3.05) is 0 Å². The second-order valence-electron chi connectivity index (χ2n) is 4.82. The molecule has 1 N–H and O–H groups in total. The van der Waals surface area contributed by atoms with Crippen LogP contribution in [0.5, 0.6) is 0 Å². The lowest BCUT2D eigenvalue weighted by molar-refractivity contribution is -0.128. The van der Waals surface area contributed by atoms with Crippen molar-refractivity contribution in [2.24, 2.45) is 5.41 Å². The molecule has 1 amide bonds. The first-order valence-corrected chi connectivity index (χ1v) is 6.21. The molecule has 2 rings (SSSR count). The maximum Gasteiger partial charge on any atom is 0.240 e. The van der Waals surface area contributed by atoms with Gasteiger partial charge in [-0.1, -0.05) is 12.8 Å². The normalized spacial score (nSPS) is 16.9. The Bertz CT molecular complexity index is 531.